The number of aromatic nitrogens is 1. The molecule has 0 atom stereocenters. The van der Waals surface area contributed by atoms with Crippen molar-refractivity contribution in [3.63, 3.8) is 0 Å². The van der Waals surface area contributed by atoms with Crippen molar-refractivity contribution >= 4 is 5.69 Å². The molecule has 0 aliphatic carbocycles. The van der Waals surface area contributed by atoms with Crippen LogP contribution in [0.15, 0.2) is 42.6 Å². The highest BCUT2D eigenvalue weighted by Crippen LogP contribution is 2.27. The second-order valence-electron chi connectivity index (χ2n) is 5.04. The highest BCUT2D eigenvalue weighted by molar-refractivity contribution is 5.47. The molecule has 0 aliphatic heterocycles. The summed E-state index contributed by atoms with van der Waals surface area (Å²) in [5.41, 5.74) is 1.52. The van der Waals surface area contributed by atoms with E-state index in [0.717, 1.165) is 5.56 Å². The van der Waals surface area contributed by atoms with Crippen LogP contribution in [-0.2, 0) is 16.1 Å². The monoisotopic (exact) mass is 332 g/mol. The number of pyridine rings is 1. The number of nitro groups is 1. The van der Waals surface area contributed by atoms with Crippen LogP contribution in [-0.4, -0.2) is 36.3 Å². The van der Waals surface area contributed by atoms with Crippen molar-refractivity contribution in [1.29, 1.82) is 0 Å². The highest BCUT2D eigenvalue weighted by atomic mass is 16.6. The van der Waals surface area contributed by atoms with E-state index in [1.54, 1.807) is 13.0 Å². The Bertz CT molecular complexity index is 649. The molecule has 1 aromatic carbocycles. The Balaban J connectivity index is 1.60. The van der Waals surface area contributed by atoms with Gasteiger partial charge in [0.1, 0.15) is 6.61 Å². The fourth-order valence-corrected chi connectivity index (χ4v) is 2.03. The third kappa shape index (κ3) is 5.60. The molecular formula is C17H20N2O5. The minimum atomic E-state index is -0.490. The number of hydrogen-bond donors (Lipinski definition) is 0. The van der Waals surface area contributed by atoms with Crippen LogP contribution in [0.2, 0.25) is 0 Å². The first kappa shape index (κ1) is 17.8. The van der Waals surface area contributed by atoms with Gasteiger partial charge in [0.15, 0.2) is 0 Å². The molecule has 0 saturated carbocycles. The van der Waals surface area contributed by atoms with Crippen LogP contribution >= 0.6 is 0 Å². The lowest BCUT2D eigenvalue weighted by Crippen LogP contribution is -2.12. The van der Waals surface area contributed by atoms with E-state index < -0.39 is 4.92 Å². The maximum absolute atomic E-state index is 11.0. The predicted molar refractivity (Wildman–Crippen MR) is 88.0 cm³/mol. The van der Waals surface area contributed by atoms with Crippen LogP contribution < -0.4 is 4.74 Å². The average molecular weight is 332 g/mol. The Morgan fingerprint density at radius 2 is 1.75 bits per heavy atom. The van der Waals surface area contributed by atoms with Crippen molar-refractivity contribution < 1.29 is 19.1 Å². The fourth-order valence-electron chi connectivity index (χ4n) is 2.03. The van der Waals surface area contributed by atoms with E-state index in [0.29, 0.717) is 32.0 Å². The SMILES string of the molecule is Cc1ccnc(OCCOCCOCc2ccccc2)c1[N+](=O)[O-]. The van der Waals surface area contributed by atoms with Crippen LogP contribution in [0.3, 0.4) is 0 Å². The molecule has 24 heavy (non-hydrogen) atoms. The van der Waals surface area contributed by atoms with Crippen LogP contribution in [0.5, 0.6) is 5.88 Å². The topological polar surface area (TPSA) is 83.7 Å². The molecule has 0 saturated heterocycles. The molecule has 7 heteroatoms. The number of rotatable bonds is 10. The lowest BCUT2D eigenvalue weighted by molar-refractivity contribution is -0.386. The number of aryl methyl sites for hydroxylation is 1. The molecule has 0 radical (unpaired) electrons. The average Bonchev–Trinajstić information content (AvgIpc) is 2.58. The van der Waals surface area contributed by atoms with Gasteiger partial charge in [-0.3, -0.25) is 10.1 Å². The van der Waals surface area contributed by atoms with Gasteiger partial charge in [-0.1, -0.05) is 30.3 Å². The first-order valence-corrected chi connectivity index (χ1v) is 7.60. The minimum Gasteiger partial charge on any atom is -0.470 e. The van der Waals surface area contributed by atoms with E-state index >= 15 is 0 Å². The zero-order chi connectivity index (χ0) is 17.2. The van der Waals surface area contributed by atoms with Gasteiger partial charge in [0.05, 0.1) is 31.4 Å². The van der Waals surface area contributed by atoms with Crippen molar-refractivity contribution in [3.8, 4) is 5.88 Å². The van der Waals surface area contributed by atoms with E-state index in [9.17, 15) is 10.1 Å². The van der Waals surface area contributed by atoms with E-state index in [2.05, 4.69) is 4.98 Å². The molecule has 128 valence electrons. The Kier molecular flexibility index (Phi) is 7.13. The maximum Gasteiger partial charge on any atom is 0.333 e. The predicted octanol–water partition coefficient (Wildman–Crippen LogP) is 2.91. The summed E-state index contributed by atoms with van der Waals surface area (Å²) in [5.74, 6) is 0.0175. The van der Waals surface area contributed by atoms with Gasteiger partial charge in [-0.25, -0.2) is 4.98 Å². The Morgan fingerprint density at radius 1 is 1.04 bits per heavy atom. The summed E-state index contributed by atoms with van der Waals surface area (Å²) in [7, 11) is 0. The summed E-state index contributed by atoms with van der Waals surface area (Å²) in [5, 5.41) is 11.0. The second-order valence-corrected chi connectivity index (χ2v) is 5.04. The largest absolute Gasteiger partial charge is 0.470 e. The summed E-state index contributed by atoms with van der Waals surface area (Å²) in [6.45, 7) is 3.59. The van der Waals surface area contributed by atoms with Crippen molar-refractivity contribution in [2.75, 3.05) is 26.4 Å². The van der Waals surface area contributed by atoms with Crippen LogP contribution in [0.25, 0.3) is 0 Å². The van der Waals surface area contributed by atoms with Crippen molar-refractivity contribution in [2.24, 2.45) is 0 Å². The Hall–Kier alpha value is -2.51. The number of ether oxygens (including phenoxy) is 3. The Morgan fingerprint density at radius 3 is 2.50 bits per heavy atom. The molecule has 0 amide bonds. The van der Waals surface area contributed by atoms with Crippen LogP contribution in [0, 0.1) is 17.0 Å². The summed E-state index contributed by atoms with van der Waals surface area (Å²) >= 11 is 0. The molecule has 0 spiro atoms. The zero-order valence-corrected chi connectivity index (χ0v) is 13.5. The third-order valence-electron chi connectivity index (χ3n) is 3.23. The molecule has 1 heterocycles. The summed E-state index contributed by atoms with van der Waals surface area (Å²) in [6.07, 6.45) is 1.48. The van der Waals surface area contributed by atoms with Gasteiger partial charge >= 0.3 is 5.69 Å². The molecule has 2 rings (SSSR count). The molecule has 0 bridgehead atoms. The van der Waals surface area contributed by atoms with Crippen molar-refractivity contribution in [3.05, 3.63) is 63.8 Å². The summed E-state index contributed by atoms with van der Waals surface area (Å²) in [4.78, 5) is 14.4. The molecule has 7 nitrogen and oxygen atoms in total. The summed E-state index contributed by atoms with van der Waals surface area (Å²) in [6, 6.07) is 11.5. The minimum absolute atomic E-state index is 0.0175. The number of hydrogen-bond acceptors (Lipinski definition) is 6. The van der Waals surface area contributed by atoms with Gasteiger partial charge in [0.25, 0.3) is 5.88 Å². The number of benzene rings is 1. The zero-order valence-electron chi connectivity index (χ0n) is 13.5. The van der Waals surface area contributed by atoms with Crippen LogP contribution in [0.1, 0.15) is 11.1 Å². The normalized spacial score (nSPS) is 10.5. The first-order valence-electron chi connectivity index (χ1n) is 7.60. The lowest BCUT2D eigenvalue weighted by atomic mass is 10.2. The second kappa shape index (κ2) is 9.59. The van der Waals surface area contributed by atoms with Gasteiger partial charge in [0.2, 0.25) is 0 Å². The van der Waals surface area contributed by atoms with E-state index in [1.807, 2.05) is 30.3 Å². The molecular weight excluding hydrogens is 312 g/mol. The lowest BCUT2D eigenvalue weighted by Gasteiger charge is -2.08. The summed E-state index contributed by atoms with van der Waals surface area (Å²) < 4.78 is 16.2. The Labute approximate surface area is 140 Å². The standard InChI is InChI=1S/C17H20N2O5/c1-14-7-8-18-17(16(14)19(20)21)24-12-11-22-9-10-23-13-15-5-3-2-4-6-15/h2-8H,9-13H2,1H3. The van der Waals surface area contributed by atoms with E-state index in [1.165, 1.54) is 6.20 Å². The van der Waals surface area contributed by atoms with E-state index in [-0.39, 0.29) is 18.2 Å². The third-order valence-corrected chi connectivity index (χ3v) is 3.23. The smallest absolute Gasteiger partial charge is 0.333 e. The molecule has 0 fully saturated rings. The van der Waals surface area contributed by atoms with Gasteiger partial charge in [-0.15, -0.1) is 0 Å². The quantitative estimate of drug-likeness (QED) is 0.378. The van der Waals surface area contributed by atoms with Crippen molar-refractivity contribution in [2.45, 2.75) is 13.5 Å². The molecule has 2 aromatic rings. The fraction of sp³-hybridized carbons (Fsp3) is 0.353. The van der Waals surface area contributed by atoms with Crippen molar-refractivity contribution in [1.82, 2.24) is 4.98 Å². The number of nitrogens with zero attached hydrogens (tertiary/aromatic N) is 2. The highest BCUT2D eigenvalue weighted by Gasteiger charge is 2.19. The van der Waals surface area contributed by atoms with Gasteiger partial charge in [-0.2, -0.15) is 0 Å². The van der Waals surface area contributed by atoms with Crippen LogP contribution in [0.4, 0.5) is 5.69 Å². The molecule has 1 aromatic heterocycles. The van der Waals surface area contributed by atoms with Gasteiger partial charge in [-0.05, 0) is 18.6 Å². The van der Waals surface area contributed by atoms with Gasteiger partial charge < -0.3 is 14.2 Å². The first-order chi connectivity index (χ1) is 11.7. The molecule has 0 aliphatic rings. The molecule has 0 unspecified atom stereocenters. The van der Waals surface area contributed by atoms with E-state index in [4.69, 9.17) is 14.2 Å². The van der Waals surface area contributed by atoms with Gasteiger partial charge in [0, 0.05) is 11.8 Å². The maximum atomic E-state index is 11.0. The molecule has 0 N–H and O–H groups in total.